The quantitative estimate of drug-likeness (QED) is 0.165. The number of nitrogens with zero attached hydrogens (tertiary/aromatic N) is 2. The molecule has 2 aromatic heterocycles. The number of aromatic nitrogens is 2. The normalized spacial score (nSPS) is 11.8. The van der Waals surface area contributed by atoms with Crippen LogP contribution in [-0.4, -0.2) is 9.97 Å². The van der Waals surface area contributed by atoms with Crippen LogP contribution in [0.5, 0.6) is 0 Å². The van der Waals surface area contributed by atoms with E-state index in [-0.39, 0.29) is 0 Å². The summed E-state index contributed by atoms with van der Waals surface area (Å²) in [7, 11) is 0. The zero-order valence-corrected chi connectivity index (χ0v) is 31.5. The van der Waals surface area contributed by atoms with Gasteiger partial charge in [0.1, 0.15) is 0 Å². The first-order chi connectivity index (χ1) is 28.8. The molecule has 0 bridgehead atoms. The second-order valence-corrected chi connectivity index (χ2v) is 15.2. The van der Waals surface area contributed by atoms with Crippen LogP contribution in [0.15, 0.2) is 207 Å². The highest BCUT2D eigenvalue weighted by Crippen LogP contribution is 2.58. The lowest BCUT2D eigenvalue weighted by molar-refractivity contribution is 1.33. The molecule has 0 saturated carbocycles. The van der Waals surface area contributed by atoms with Gasteiger partial charge in [-0.15, -0.1) is 0 Å². The Bertz CT molecular complexity index is 3410. The van der Waals surface area contributed by atoms with Gasteiger partial charge in [-0.2, -0.15) is 0 Å². The van der Waals surface area contributed by atoms with Crippen molar-refractivity contribution in [2.75, 3.05) is 0 Å². The molecular weight excluding hydrogens is 701 g/mol. The molecule has 0 unspecified atom stereocenters. The third-order valence-electron chi connectivity index (χ3n) is 12.2. The fourth-order valence-corrected chi connectivity index (χ4v) is 9.79. The largest absolute Gasteiger partial charge is 0.265 e. The number of pyridine rings is 2. The van der Waals surface area contributed by atoms with Gasteiger partial charge in [0.15, 0.2) is 0 Å². The second-order valence-electron chi connectivity index (χ2n) is 15.2. The number of hydrogen-bond acceptors (Lipinski definition) is 2. The standard InChI is InChI=1S/C56H34N2/c1-3-11-36(12-4-1)53-45-24-22-41(34-49(45)54(37-13-5-2-6-14-37)56-47-20-10-16-35-15-9-19-46(52(35)47)55(53)56)40-21-23-44-48(33-40)51(39-27-31-58-32-28-39)43-18-8-7-17-42(43)50(44)38-25-29-57-30-26-38/h1-34H. The van der Waals surface area contributed by atoms with Crippen LogP contribution in [-0.2, 0) is 0 Å². The van der Waals surface area contributed by atoms with Crippen molar-refractivity contribution in [2.24, 2.45) is 0 Å². The first-order valence-corrected chi connectivity index (χ1v) is 19.9. The fourth-order valence-electron chi connectivity index (χ4n) is 9.79. The Kier molecular flexibility index (Phi) is 7.26. The Hall–Kier alpha value is -7.68. The molecular formula is C56H34N2. The monoisotopic (exact) mass is 734 g/mol. The Morgan fingerprint density at radius 1 is 0.241 bits per heavy atom. The van der Waals surface area contributed by atoms with Gasteiger partial charge < -0.3 is 0 Å². The SMILES string of the molecule is c1ccc(-c2c3c(c(-c4ccccc4)c4cc(-c5ccc6c(-c7ccncc7)c7ccccc7c(-c7ccncc7)c6c5)ccc24)-c2cccc4cccc-3c24)cc1. The van der Waals surface area contributed by atoms with E-state index in [2.05, 4.69) is 192 Å². The lowest BCUT2D eigenvalue weighted by atomic mass is 9.81. The first-order valence-electron chi connectivity index (χ1n) is 19.9. The maximum absolute atomic E-state index is 4.40. The Morgan fingerprint density at radius 3 is 1.16 bits per heavy atom. The molecule has 0 N–H and O–H groups in total. The van der Waals surface area contributed by atoms with E-state index in [1.54, 1.807) is 0 Å². The summed E-state index contributed by atoms with van der Waals surface area (Å²) in [4.78, 5) is 8.76. The summed E-state index contributed by atoms with van der Waals surface area (Å²) < 4.78 is 0. The van der Waals surface area contributed by atoms with Gasteiger partial charge in [0.25, 0.3) is 0 Å². The molecule has 12 rings (SSSR count). The molecule has 0 radical (unpaired) electrons. The number of hydrogen-bond donors (Lipinski definition) is 0. The van der Waals surface area contributed by atoms with E-state index >= 15 is 0 Å². The molecule has 268 valence electrons. The van der Waals surface area contributed by atoms with Crippen molar-refractivity contribution in [3.63, 3.8) is 0 Å². The van der Waals surface area contributed by atoms with Crippen molar-refractivity contribution in [2.45, 2.75) is 0 Å². The van der Waals surface area contributed by atoms with E-state index in [0.29, 0.717) is 0 Å². The molecule has 0 spiro atoms. The summed E-state index contributed by atoms with van der Waals surface area (Å²) in [6.07, 6.45) is 7.57. The maximum atomic E-state index is 4.40. The van der Waals surface area contributed by atoms with E-state index in [1.807, 2.05) is 24.8 Å². The van der Waals surface area contributed by atoms with Crippen molar-refractivity contribution in [1.82, 2.24) is 9.97 Å². The van der Waals surface area contributed by atoms with Crippen LogP contribution < -0.4 is 0 Å². The van der Waals surface area contributed by atoms with Crippen molar-refractivity contribution in [1.29, 1.82) is 0 Å². The molecule has 0 saturated heterocycles. The van der Waals surface area contributed by atoms with E-state index in [1.165, 1.54) is 110 Å². The number of fused-ring (bicyclic) bond motifs is 6. The molecule has 0 fully saturated rings. The highest BCUT2D eigenvalue weighted by molar-refractivity contribution is 6.28. The zero-order chi connectivity index (χ0) is 38.2. The van der Waals surface area contributed by atoms with Gasteiger partial charge in [0.2, 0.25) is 0 Å². The van der Waals surface area contributed by atoms with Gasteiger partial charge in [-0.1, -0.05) is 146 Å². The van der Waals surface area contributed by atoms with Crippen LogP contribution in [0, 0.1) is 0 Å². The van der Waals surface area contributed by atoms with E-state index in [9.17, 15) is 0 Å². The Labute approximate surface area is 336 Å². The van der Waals surface area contributed by atoms with Crippen LogP contribution >= 0.6 is 0 Å². The minimum atomic E-state index is 1.15. The van der Waals surface area contributed by atoms with Gasteiger partial charge in [0.05, 0.1) is 0 Å². The predicted octanol–water partition coefficient (Wildman–Crippen LogP) is 15.1. The summed E-state index contributed by atoms with van der Waals surface area (Å²) >= 11 is 0. The van der Waals surface area contributed by atoms with Crippen LogP contribution in [0.4, 0.5) is 0 Å². The molecule has 9 aromatic carbocycles. The molecule has 1 aliphatic carbocycles. The van der Waals surface area contributed by atoms with E-state index in [4.69, 9.17) is 0 Å². The summed E-state index contributed by atoms with van der Waals surface area (Å²) in [6, 6.07) is 67.0. The van der Waals surface area contributed by atoms with Crippen molar-refractivity contribution >= 4 is 43.1 Å². The van der Waals surface area contributed by atoms with Crippen LogP contribution in [0.1, 0.15) is 0 Å². The van der Waals surface area contributed by atoms with Gasteiger partial charge in [-0.05, 0) is 157 Å². The highest BCUT2D eigenvalue weighted by Gasteiger charge is 2.30. The minimum absolute atomic E-state index is 1.15. The summed E-state index contributed by atoms with van der Waals surface area (Å²) in [5, 5.41) is 9.95. The van der Waals surface area contributed by atoms with E-state index < -0.39 is 0 Å². The summed E-state index contributed by atoms with van der Waals surface area (Å²) in [6.45, 7) is 0. The maximum Gasteiger partial charge on any atom is 0.0273 e. The lowest BCUT2D eigenvalue weighted by Gasteiger charge is -2.21. The molecule has 0 aliphatic heterocycles. The molecule has 0 amide bonds. The topological polar surface area (TPSA) is 25.8 Å². The van der Waals surface area contributed by atoms with Crippen molar-refractivity contribution < 1.29 is 0 Å². The van der Waals surface area contributed by atoms with Crippen LogP contribution in [0.2, 0.25) is 0 Å². The average molecular weight is 735 g/mol. The van der Waals surface area contributed by atoms with E-state index in [0.717, 1.165) is 11.1 Å². The van der Waals surface area contributed by atoms with Gasteiger partial charge in [-0.3, -0.25) is 9.97 Å². The van der Waals surface area contributed by atoms with Crippen molar-refractivity contribution in [3.05, 3.63) is 207 Å². The smallest absolute Gasteiger partial charge is 0.0273 e. The molecule has 1 aliphatic rings. The summed E-state index contributed by atoms with van der Waals surface area (Å²) in [5.74, 6) is 0. The second kappa shape index (κ2) is 12.9. The number of rotatable bonds is 5. The minimum Gasteiger partial charge on any atom is -0.265 e. The molecule has 2 heterocycles. The summed E-state index contributed by atoms with van der Waals surface area (Å²) in [5.41, 5.74) is 17.3. The first kappa shape index (κ1) is 32.6. The van der Waals surface area contributed by atoms with Crippen molar-refractivity contribution in [3.8, 4) is 77.9 Å². The number of benzene rings is 9. The molecule has 11 aromatic rings. The van der Waals surface area contributed by atoms with Gasteiger partial charge in [-0.25, -0.2) is 0 Å². The Balaban J connectivity index is 1.20. The van der Waals surface area contributed by atoms with Crippen LogP contribution in [0.3, 0.4) is 0 Å². The molecule has 2 nitrogen and oxygen atoms in total. The predicted molar refractivity (Wildman–Crippen MR) is 244 cm³/mol. The Morgan fingerprint density at radius 2 is 0.638 bits per heavy atom. The molecule has 0 atom stereocenters. The molecule has 2 heteroatoms. The third kappa shape index (κ3) is 4.85. The lowest BCUT2D eigenvalue weighted by Crippen LogP contribution is -1.94. The third-order valence-corrected chi connectivity index (χ3v) is 12.2. The van der Waals surface area contributed by atoms with Gasteiger partial charge >= 0.3 is 0 Å². The van der Waals surface area contributed by atoms with Gasteiger partial charge in [0, 0.05) is 24.8 Å². The highest BCUT2D eigenvalue weighted by atomic mass is 14.6. The van der Waals surface area contributed by atoms with Crippen LogP contribution in [0.25, 0.3) is 121 Å². The fraction of sp³-hybridized carbons (Fsp3) is 0. The molecule has 58 heavy (non-hydrogen) atoms. The average Bonchev–Trinajstić information content (AvgIpc) is 3.63. The zero-order valence-electron chi connectivity index (χ0n) is 31.5.